The minimum Gasteiger partial charge on any atom is -0.326 e. The lowest BCUT2D eigenvalue weighted by atomic mass is 9.93. The summed E-state index contributed by atoms with van der Waals surface area (Å²) in [5.41, 5.74) is 8.71. The summed E-state index contributed by atoms with van der Waals surface area (Å²) in [6, 6.07) is 5.71. The molecule has 2 N–H and O–H groups in total. The Kier molecular flexibility index (Phi) is 3.64. The Morgan fingerprint density at radius 2 is 2.06 bits per heavy atom. The van der Waals surface area contributed by atoms with Gasteiger partial charge in [0.05, 0.1) is 6.54 Å². The summed E-state index contributed by atoms with van der Waals surface area (Å²) in [4.78, 5) is 1.48. The van der Waals surface area contributed by atoms with Gasteiger partial charge in [0.15, 0.2) is 0 Å². The maximum atomic E-state index is 12.4. The number of rotatable bonds is 2. The van der Waals surface area contributed by atoms with Crippen LogP contribution in [0.3, 0.4) is 0 Å². The van der Waals surface area contributed by atoms with E-state index in [1.165, 1.54) is 4.90 Å². The predicted octanol–water partition coefficient (Wildman–Crippen LogP) is 2.45. The first kappa shape index (κ1) is 13.4. The van der Waals surface area contributed by atoms with Gasteiger partial charge in [0, 0.05) is 19.1 Å². The Labute approximate surface area is 105 Å². The molecule has 0 aromatic heterocycles. The predicted molar refractivity (Wildman–Crippen MR) is 64.0 cm³/mol. The number of nitrogens with two attached hydrogens (primary N) is 1. The molecule has 1 unspecified atom stereocenters. The van der Waals surface area contributed by atoms with Crippen molar-refractivity contribution in [3.63, 3.8) is 0 Å². The summed E-state index contributed by atoms with van der Waals surface area (Å²) in [6.07, 6.45) is -3.48. The molecule has 0 bridgehead atoms. The molecule has 1 aliphatic rings. The van der Waals surface area contributed by atoms with Crippen LogP contribution in [0.4, 0.5) is 13.2 Å². The van der Waals surface area contributed by atoms with Crippen LogP contribution in [0.15, 0.2) is 18.2 Å². The number of halogens is 3. The number of hydrogen-bond acceptors (Lipinski definition) is 2. The van der Waals surface area contributed by atoms with Crippen molar-refractivity contribution in [3.8, 4) is 0 Å². The van der Waals surface area contributed by atoms with Gasteiger partial charge >= 0.3 is 6.18 Å². The van der Waals surface area contributed by atoms with Gasteiger partial charge in [0.2, 0.25) is 0 Å². The van der Waals surface area contributed by atoms with Crippen molar-refractivity contribution in [2.75, 3.05) is 6.54 Å². The van der Waals surface area contributed by atoms with Crippen LogP contribution in [-0.4, -0.2) is 23.7 Å². The quantitative estimate of drug-likeness (QED) is 0.883. The topological polar surface area (TPSA) is 29.3 Å². The van der Waals surface area contributed by atoms with Crippen molar-refractivity contribution in [3.05, 3.63) is 34.9 Å². The molecule has 1 aliphatic heterocycles. The largest absolute Gasteiger partial charge is 0.401 e. The first-order chi connectivity index (χ1) is 8.39. The number of fused-ring (bicyclic) bond motifs is 1. The highest BCUT2D eigenvalue weighted by Crippen LogP contribution is 2.27. The molecule has 0 fully saturated rings. The van der Waals surface area contributed by atoms with Crippen molar-refractivity contribution in [2.45, 2.75) is 38.7 Å². The molecule has 0 aliphatic carbocycles. The van der Waals surface area contributed by atoms with E-state index in [0.717, 1.165) is 16.7 Å². The van der Waals surface area contributed by atoms with Crippen LogP contribution in [0.25, 0.3) is 0 Å². The SMILES string of the molecule is CC1Cc2cc(CN)ccc2CN1CC(F)(F)F. The molecule has 2 rings (SSSR count). The fourth-order valence-corrected chi connectivity index (χ4v) is 2.41. The first-order valence-corrected chi connectivity index (χ1v) is 6.00. The zero-order valence-electron chi connectivity index (χ0n) is 10.3. The molecule has 1 heterocycles. The summed E-state index contributed by atoms with van der Waals surface area (Å²) >= 11 is 0. The minimum absolute atomic E-state index is 0.0906. The molecule has 0 saturated carbocycles. The molecule has 2 nitrogen and oxygen atoms in total. The standard InChI is InChI=1S/C13H17F3N2/c1-9-4-12-5-10(6-17)2-3-11(12)7-18(9)8-13(14,15)16/h2-3,5,9H,4,6-8,17H2,1H3. The molecule has 1 aromatic carbocycles. The van der Waals surface area contributed by atoms with Crippen LogP contribution in [0.5, 0.6) is 0 Å². The number of nitrogens with zero attached hydrogens (tertiary/aromatic N) is 1. The minimum atomic E-state index is -4.14. The van der Waals surface area contributed by atoms with Crippen LogP contribution < -0.4 is 5.73 Å². The molecule has 1 aromatic rings. The van der Waals surface area contributed by atoms with E-state index in [2.05, 4.69) is 0 Å². The second kappa shape index (κ2) is 4.90. The third kappa shape index (κ3) is 3.03. The number of benzene rings is 1. The highest BCUT2D eigenvalue weighted by Gasteiger charge is 2.34. The maximum absolute atomic E-state index is 12.4. The van der Waals surface area contributed by atoms with E-state index in [9.17, 15) is 13.2 Å². The molecule has 0 spiro atoms. The maximum Gasteiger partial charge on any atom is 0.401 e. The molecular formula is C13H17F3N2. The Morgan fingerprint density at radius 3 is 2.67 bits per heavy atom. The molecule has 0 saturated heterocycles. The van der Waals surface area contributed by atoms with Crippen LogP contribution in [0.1, 0.15) is 23.6 Å². The van der Waals surface area contributed by atoms with Crippen LogP contribution in [0.2, 0.25) is 0 Å². The molecule has 100 valence electrons. The number of hydrogen-bond donors (Lipinski definition) is 1. The van der Waals surface area contributed by atoms with Gasteiger partial charge in [-0.2, -0.15) is 13.2 Å². The third-order valence-electron chi connectivity index (χ3n) is 3.40. The normalized spacial score (nSPS) is 20.8. The van der Waals surface area contributed by atoms with Crippen LogP contribution in [-0.2, 0) is 19.5 Å². The Bertz CT molecular complexity index is 429. The third-order valence-corrected chi connectivity index (χ3v) is 3.40. The van der Waals surface area contributed by atoms with Gasteiger partial charge in [-0.15, -0.1) is 0 Å². The smallest absolute Gasteiger partial charge is 0.326 e. The van der Waals surface area contributed by atoms with Gasteiger partial charge < -0.3 is 5.73 Å². The van der Waals surface area contributed by atoms with Gasteiger partial charge in [-0.25, -0.2) is 0 Å². The molecular weight excluding hydrogens is 241 g/mol. The molecule has 1 atom stereocenters. The van der Waals surface area contributed by atoms with E-state index in [1.54, 1.807) is 0 Å². The lowest BCUT2D eigenvalue weighted by Crippen LogP contribution is -2.43. The molecule has 18 heavy (non-hydrogen) atoms. The van der Waals surface area contributed by atoms with E-state index in [-0.39, 0.29) is 6.04 Å². The average Bonchev–Trinajstić information content (AvgIpc) is 2.27. The van der Waals surface area contributed by atoms with Crippen molar-refractivity contribution < 1.29 is 13.2 Å². The van der Waals surface area contributed by atoms with Gasteiger partial charge in [-0.3, -0.25) is 4.90 Å². The number of alkyl halides is 3. The summed E-state index contributed by atoms with van der Waals surface area (Å²) in [5, 5.41) is 0. The highest BCUT2D eigenvalue weighted by atomic mass is 19.4. The molecule has 0 amide bonds. The zero-order valence-corrected chi connectivity index (χ0v) is 10.3. The van der Waals surface area contributed by atoms with Gasteiger partial charge in [0.1, 0.15) is 0 Å². The lowest BCUT2D eigenvalue weighted by Gasteiger charge is -2.35. The van der Waals surface area contributed by atoms with Crippen molar-refractivity contribution in [2.24, 2.45) is 5.73 Å². The van der Waals surface area contributed by atoms with Crippen molar-refractivity contribution in [1.82, 2.24) is 4.90 Å². The van der Waals surface area contributed by atoms with Gasteiger partial charge in [-0.1, -0.05) is 18.2 Å². The summed E-state index contributed by atoms with van der Waals surface area (Å²) in [6.45, 7) is 1.82. The summed E-state index contributed by atoms with van der Waals surface area (Å²) in [5.74, 6) is 0. The van der Waals surface area contributed by atoms with Crippen molar-refractivity contribution in [1.29, 1.82) is 0 Å². The van der Waals surface area contributed by atoms with E-state index < -0.39 is 12.7 Å². The monoisotopic (exact) mass is 258 g/mol. The Balaban J connectivity index is 2.18. The van der Waals surface area contributed by atoms with Crippen LogP contribution in [0, 0.1) is 0 Å². The van der Waals surface area contributed by atoms with E-state index >= 15 is 0 Å². The fraction of sp³-hybridized carbons (Fsp3) is 0.538. The zero-order chi connectivity index (χ0) is 13.3. The Hall–Kier alpha value is -1.07. The summed E-state index contributed by atoms with van der Waals surface area (Å²) < 4.78 is 37.3. The first-order valence-electron chi connectivity index (χ1n) is 6.00. The average molecular weight is 258 g/mol. The van der Waals surface area contributed by atoms with E-state index in [0.29, 0.717) is 19.5 Å². The van der Waals surface area contributed by atoms with Crippen LogP contribution >= 0.6 is 0 Å². The second-order valence-electron chi connectivity index (χ2n) is 4.88. The second-order valence-corrected chi connectivity index (χ2v) is 4.88. The lowest BCUT2D eigenvalue weighted by molar-refractivity contribution is -0.152. The van der Waals surface area contributed by atoms with E-state index in [1.807, 2.05) is 25.1 Å². The van der Waals surface area contributed by atoms with E-state index in [4.69, 9.17) is 5.73 Å². The van der Waals surface area contributed by atoms with Gasteiger partial charge in [0.25, 0.3) is 0 Å². The molecule has 5 heteroatoms. The van der Waals surface area contributed by atoms with Gasteiger partial charge in [-0.05, 0) is 30.0 Å². The fourth-order valence-electron chi connectivity index (χ4n) is 2.41. The van der Waals surface area contributed by atoms with Crippen molar-refractivity contribution >= 4 is 0 Å². The summed E-state index contributed by atoms with van der Waals surface area (Å²) in [7, 11) is 0. The highest BCUT2D eigenvalue weighted by molar-refractivity contribution is 5.34. The molecule has 0 radical (unpaired) electrons. The Morgan fingerprint density at radius 1 is 1.33 bits per heavy atom.